The Balaban J connectivity index is 0.000000232. The topological polar surface area (TPSA) is 149 Å². The standard InChI is InChI=1S/2C24H31NO3Si.C20H21NO3.C6H14Si.CH4/c2*1-15-8-9-18(13-21(15)26)23-20(10-11-29(5,6)7)24(27)25(23)19-12-16(2)17(3)22(14-19)28-4;1-11-6-7-15(9-17(11)22)19-14(4)20(23)21(19)16-8-12(2)13(3)18(10-16)24-5;1-5-6-7(2,3)4;/h2*8-10,12-14,23,26H,11H2,1-7H3;6-10,19,22H,4H2,1-3,5H3;5H,1,6H2,2-4H3;1H4/b20-10+;20-10-;;;/t2*23-;19-;;/m001../s1. The molecule has 90 heavy (non-hydrogen) atoms. The van der Waals surface area contributed by atoms with E-state index < -0.39 is 24.2 Å². The zero-order valence-electron chi connectivity index (χ0n) is 56.8. The van der Waals surface area contributed by atoms with Crippen molar-refractivity contribution in [2.24, 2.45) is 0 Å². The Morgan fingerprint density at radius 2 is 0.700 bits per heavy atom. The maximum atomic E-state index is 13.2. The summed E-state index contributed by atoms with van der Waals surface area (Å²) in [6.45, 7) is 46.1. The van der Waals surface area contributed by atoms with E-state index in [4.69, 9.17) is 14.2 Å². The quantitative estimate of drug-likeness (QED) is 0.0395. The summed E-state index contributed by atoms with van der Waals surface area (Å²) < 4.78 is 16.5. The largest absolute Gasteiger partial charge is 0.508 e. The predicted molar refractivity (Wildman–Crippen MR) is 383 cm³/mol. The number of methoxy groups -OCH3 is 3. The summed E-state index contributed by atoms with van der Waals surface area (Å²) in [6, 6.07) is 31.1. The maximum Gasteiger partial charge on any atom is 0.257 e. The number of phenols is 3. The molecule has 3 N–H and O–H groups in total. The molecule has 0 unspecified atom stereocenters. The van der Waals surface area contributed by atoms with Crippen LogP contribution in [0.1, 0.15) is 92.3 Å². The number of amides is 3. The van der Waals surface area contributed by atoms with Crippen LogP contribution in [0.15, 0.2) is 139 Å². The molecule has 0 aromatic heterocycles. The predicted octanol–water partition coefficient (Wildman–Crippen LogP) is 18.5. The normalized spacial score (nSPS) is 17.1. The highest BCUT2D eigenvalue weighted by Crippen LogP contribution is 2.49. The zero-order valence-corrected chi connectivity index (χ0v) is 59.8. The van der Waals surface area contributed by atoms with Crippen molar-refractivity contribution < 1.29 is 43.9 Å². The van der Waals surface area contributed by atoms with Crippen molar-refractivity contribution in [3.63, 3.8) is 0 Å². The number of anilines is 3. The lowest BCUT2D eigenvalue weighted by Crippen LogP contribution is -2.49. The molecular weight excluding hydrogens is 1170 g/mol. The molecule has 3 amide bonds. The van der Waals surface area contributed by atoms with Gasteiger partial charge < -0.3 is 29.5 Å². The van der Waals surface area contributed by atoms with Gasteiger partial charge in [-0.25, -0.2) is 0 Å². The second kappa shape index (κ2) is 29.4. The van der Waals surface area contributed by atoms with Crippen LogP contribution in [-0.2, 0) is 14.4 Å². The number of aryl methyl sites for hydroxylation is 6. The lowest BCUT2D eigenvalue weighted by Gasteiger charge is -2.44. The monoisotopic (exact) mass is 1270 g/mol. The molecule has 0 spiro atoms. The molecule has 0 radical (unpaired) electrons. The minimum Gasteiger partial charge on any atom is -0.508 e. The summed E-state index contributed by atoms with van der Waals surface area (Å²) in [5.41, 5.74) is 16.1. The number of allylic oxidation sites excluding steroid dienone is 3. The molecule has 12 nitrogen and oxygen atoms in total. The number of hydrogen-bond donors (Lipinski definition) is 3. The molecule has 6 aromatic rings. The van der Waals surface area contributed by atoms with Crippen LogP contribution in [0.5, 0.6) is 34.5 Å². The first-order chi connectivity index (χ1) is 41.5. The van der Waals surface area contributed by atoms with E-state index in [1.165, 1.54) is 6.04 Å². The van der Waals surface area contributed by atoms with Gasteiger partial charge in [0, 0.05) is 76.2 Å². The number of carbonyl (C=O) groups excluding carboxylic acids is 3. The molecule has 0 bridgehead atoms. The molecule has 3 saturated heterocycles. The molecule has 15 heteroatoms. The van der Waals surface area contributed by atoms with E-state index in [-0.39, 0.29) is 60.5 Å². The van der Waals surface area contributed by atoms with Crippen LogP contribution in [0.2, 0.25) is 77.1 Å². The van der Waals surface area contributed by atoms with E-state index in [0.29, 0.717) is 5.57 Å². The Morgan fingerprint density at radius 1 is 0.422 bits per heavy atom. The van der Waals surface area contributed by atoms with Gasteiger partial charge in [-0.2, -0.15) is 0 Å². The van der Waals surface area contributed by atoms with Gasteiger partial charge in [0.15, 0.2) is 0 Å². The molecule has 6 aromatic carbocycles. The number of rotatable bonds is 15. The van der Waals surface area contributed by atoms with Gasteiger partial charge in [0.25, 0.3) is 17.7 Å². The van der Waals surface area contributed by atoms with Gasteiger partial charge in [0.1, 0.15) is 34.5 Å². The van der Waals surface area contributed by atoms with Crippen molar-refractivity contribution in [3.05, 3.63) is 206 Å². The summed E-state index contributed by atoms with van der Waals surface area (Å²) in [7, 11) is 1.49. The van der Waals surface area contributed by atoms with Gasteiger partial charge >= 0.3 is 0 Å². The van der Waals surface area contributed by atoms with E-state index in [1.807, 2.05) is 151 Å². The maximum absolute atomic E-state index is 13.2. The van der Waals surface area contributed by atoms with E-state index in [9.17, 15) is 29.7 Å². The Bertz CT molecular complexity index is 3590. The lowest BCUT2D eigenvalue weighted by atomic mass is 9.86. The average Bonchev–Trinajstić information content (AvgIpc) is 0.795. The van der Waals surface area contributed by atoms with Crippen LogP contribution < -0.4 is 28.9 Å². The fourth-order valence-corrected chi connectivity index (χ4v) is 13.2. The highest BCUT2D eigenvalue weighted by atomic mass is 28.3. The van der Waals surface area contributed by atoms with E-state index in [0.717, 1.165) is 124 Å². The molecule has 0 aliphatic carbocycles. The first-order valence-electron chi connectivity index (χ1n) is 30.5. The SMILES string of the molecule is C.C=C1C(=O)N(c2cc(C)c(C)c(OC)c2)[C@H]1c1ccc(C)c(O)c1.C=CC[Si](C)(C)C.COc1cc(N2C(=O)/C(=C/C[Si](C)(C)C)[C@@H]2c2ccc(C)c(O)c2)cc(C)c1C.COc1cc(N2C(=O)/C(=C\C[Si](C)(C)C)[C@@H]2c2ccc(C)c(O)c2)cc(C)c1C. The van der Waals surface area contributed by atoms with Crippen molar-refractivity contribution in [2.75, 3.05) is 36.0 Å². The Morgan fingerprint density at radius 3 is 0.944 bits per heavy atom. The Kier molecular flexibility index (Phi) is 23.8. The molecule has 3 fully saturated rings. The molecule has 9 rings (SSSR count). The second-order valence-electron chi connectivity index (χ2n) is 27.6. The van der Waals surface area contributed by atoms with Crippen LogP contribution in [0.4, 0.5) is 17.1 Å². The highest BCUT2D eigenvalue weighted by Gasteiger charge is 2.47. The fraction of sp³-hybridized carbons (Fsp3) is 0.373. The van der Waals surface area contributed by atoms with Crippen LogP contribution in [-0.4, -0.2) is 78.6 Å². The summed E-state index contributed by atoms with van der Waals surface area (Å²) in [5.74, 6) is 2.98. The summed E-state index contributed by atoms with van der Waals surface area (Å²) in [4.78, 5) is 44.1. The number of hydrogen-bond acceptors (Lipinski definition) is 9. The number of phenolic OH excluding ortho intramolecular Hbond substituents is 3. The van der Waals surface area contributed by atoms with Crippen molar-refractivity contribution in [1.82, 2.24) is 0 Å². The fourth-order valence-electron chi connectivity index (χ4n) is 10.7. The molecule has 482 valence electrons. The number of β-lactam (4-membered cyclic amide) rings is 3. The van der Waals surface area contributed by atoms with Gasteiger partial charge in [0.05, 0.1) is 39.5 Å². The van der Waals surface area contributed by atoms with Gasteiger partial charge in [0.2, 0.25) is 0 Å². The minimum atomic E-state index is -1.33. The molecule has 3 aliphatic rings. The average molecular weight is 1270 g/mol. The van der Waals surface area contributed by atoms with Crippen molar-refractivity contribution >= 4 is 59.0 Å². The first-order valence-corrected chi connectivity index (χ1v) is 41.6. The van der Waals surface area contributed by atoms with Gasteiger partial charge in [-0.1, -0.05) is 128 Å². The van der Waals surface area contributed by atoms with E-state index in [1.54, 1.807) is 44.4 Å². The summed E-state index contributed by atoms with van der Waals surface area (Å²) in [6.07, 6.45) is 6.25. The van der Waals surface area contributed by atoms with E-state index in [2.05, 4.69) is 84.2 Å². The van der Waals surface area contributed by atoms with Gasteiger partial charge in [-0.05, 0) is 184 Å². The minimum absolute atomic E-state index is 0. The number of benzene rings is 6. The smallest absolute Gasteiger partial charge is 0.257 e. The van der Waals surface area contributed by atoms with Crippen LogP contribution in [0, 0.1) is 62.3 Å². The molecule has 3 heterocycles. The van der Waals surface area contributed by atoms with Crippen LogP contribution >= 0.6 is 0 Å². The number of ether oxygens (including phenoxy) is 3. The van der Waals surface area contributed by atoms with Crippen molar-refractivity contribution in [3.8, 4) is 34.5 Å². The van der Waals surface area contributed by atoms with Crippen LogP contribution in [0.3, 0.4) is 0 Å². The zero-order chi connectivity index (χ0) is 66.5. The summed E-state index contributed by atoms with van der Waals surface area (Å²) in [5, 5.41) is 30.5. The van der Waals surface area contributed by atoms with Crippen molar-refractivity contribution in [1.29, 1.82) is 0 Å². The lowest BCUT2D eigenvalue weighted by molar-refractivity contribution is -0.119. The molecule has 3 atom stereocenters. The van der Waals surface area contributed by atoms with Gasteiger partial charge in [-0.3, -0.25) is 29.1 Å². The number of nitrogens with zero attached hydrogens (tertiary/aromatic N) is 3. The van der Waals surface area contributed by atoms with Gasteiger partial charge in [-0.15, -0.1) is 6.58 Å². The summed E-state index contributed by atoms with van der Waals surface area (Å²) >= 11 is 0. The number of carbonyl (C=O) groups is 3. The highest BCUT2D eigenvalue weighted by molar-refractivity contribution is 6.77. The third-order valence-corrected chi connectivity index (χ3v) is 21.1. The molecular formula is C75H101N3O9Si3. The Labute approximate surface area is 541 Å². The first kappa shape index (κ1) is 72.9. The van der Waals surface area contributed by atoms with E-state index >= 15 is 0 Å². The number of aromatic hydroxyl groups is 3. The third kappa shape index (κ3) is 16.7. The van der Waals surface area contributed by atoms with Crippen LogP contribution in [0.25, 0.3) is 0 Å². The molecule has 0 saturated carbocycles. The third-order valence-electron chi connectivity index (χ3n) is 16.7. The van der Waals surface area contributed by atoms with Crippen molar-refractivity contribution in [2.45, 2.75) is 165 Å². The second-order valence-corrected chi connectivity index (χ2v) is 44.2. The Hall–Kier alpha value is -7.86. The molecule has 3 aliphatic heterocycles.